The monoisotopic (exact) mass is 421 g/mol. The van der Waals surface area contributed by atoms with E-state index in [0.29, 0.717) is 35.3 Å². The highest BCUT2D eigenvalue weighted by Crippen LogP contribution is 2.28. The highest BCUT2D eigenvalue weighted by molar-refractivity contribution is 6.06. The lowest BCUT2D eigenvalue weighted by Crippen LogP contribution is -2.14. The quantitative estimate of drug-likeness (QED) is 0.433. The van der Waals surface area contributed by atoms with E-state index >= 15 is 0 Å². The van der Waals surface area contributed by atoms with Gasteiger partial charge in [-0.3, -0.25) is 4.79 Å². The average molecular weight is 421 g/mol. The molecule has 2 aromatic carbocycles. The molecule has 2 heterocycles. The van der Waals surface area contributed by atoms with Crippen LogP contribution in [0.4, 0.5) is 5.69 Å². The first-order valence-electron chi connectivity index (χ1n) is 9.95. The fourth-order valence-corrected chi connectivity index (χ4v) is 3.05. The second-order valence-corrected chi connectivity index (χ2v) is 7.26. The summed E-state index contributed by atoms with van der Waals surface area (Å²) in [5.41, 5.74) is 2.00. The predicted molar refractivity (Wildman–Crippen MR) is 114 cm³/mol. The normalized spacial score (nSPS) is 11.2. The zero-order valence-corrected chi connectivity index (χ0v) is 17.5. The Kier molecular flexibility index (Phi) is 5.99. The summed E-state index contributed by atoms with van der Waals surface area (Å²) in [6.45, 7) is 6.11. The molecule has 1 amide bonds. The van der Waals surface area contributed by atoms with Gasteiger partial charge in [0.1, 0.15) is 11.3 Å². The van der Waals surface area contributed by atoms with Crippen molar-refractivity contribution in [3.8, 4) is 5.75 Å². The Morgan fingerprint density at radius 3 is 2.58 bits per heavy atom. The molecule has 0 aliphatic carbocycles. The number of hydrogen-bond donors (Lipinski definition) is 1. The molecule has 0 aliphatic heterocycles. The number of amides is 1. The number of aryl methyl sites for hydroxylation is 1. The number of ether oxygens (including phenoxy) is 2. The van der Waals surface area contributed by atoms with Crippen LogP contribution in [0.3, 0.4) is 0 Å². The summed E-state index contributed by atoms with van der Waals surface area (Å²) < 4.78 is 22.1. The van der Waals surface area contributed by atoms with Gasteiger partial charge < -0.3 is 23.7 Å². The minimum Gasteiger partial charge on any atom is -0.485 e. The number of fused-ring (bicyclic) bond motifs is 1. The minimum absolute atomic E-state index is 0.0356. The van der Waals surface area contributed by atoms with Crippen molar-refractivity contribution >= 4 is 22.6 Å². The summed E-state index contributed by atoms with van der Waals surface area (Å²) in [5.74, 6) is 1.48. The molecule has 0 fully saturated rings. The first kappa shape index (κ1) is 20.6. The lowest BCUT2D eigenvalue weighted by Gasteiger charge is -2.09. The number of hydrogen-bond acceptors (Lipinski definition) is 7. The first-order valence-corrected chi connectivity index (χ1v) is 9.95. The highest BCUT2D eigenvalue weighted by Gasteiger charge is 2.21. The Morgan fingerprint density at radius 2 is 1.87 bits per heavy atom. The lowest BCUT2D eigenvalue weighted by atomic mass is 10.1. The topological polar surface area (TPSA) is 99.6 Å². The van der Waals surface area contributed by atoms with Gasteiger partial charge in [0.05, 0.1) is 12.7 Å². The molecular weight excluding hydrogens is 398 g/mol. The van der Waals surface area contributed by atoms with E-state index in [9.17, 15) is 4.79 Å². The van der Waals surface area contributed by atoms with E-state index in [1.807, 2.05) is 38.1 Å². The summed E-state index contributed by atoms with van der Waals surface area (Å²) in [5, 5.41) is 7.52. The molecule has 8 nitrogen and oxygen atoms in total. The molecule has 0 saturated heterocycles. The Morgan fingerprint density at radius 1 is 1.10 bits per heavy atom. The zero-order chi connectivity index (χ0) is 21.8. The zero-order valence-electron chi connectivity index (χ0n) is 17.5. The van der Waals surface area contributed by atoms with Crippen molar-refractivity contribution in [1.82, 2.24) is 10.1 Å². The SMILES string of the molecule is Cc1nc(COc2ccc(NC(=O)c3oc4ccccc4c3COC(C)C)cc2)no1. The summed E-state index contributed by atoms with van der Waals surface area (Å²) in [6, 6.07) is 14.5. The number of carbonyl (C=O) groups is 1. The standard InChI is InChI=1S/C23H23N3O5/c1-14(2)28-12-19-18-6-4-5-7-20(18)30-22(19)23(27)25-16-8-10-17(11-9-16)29-13-21-24-15(3)31-26-21/h4-11,14H,12-13H2,1-3H3,(H,25,27). The summed E-state index contributed by atoms with van der Waals surface area (Å²) >= 11 is 0. The van der Waals surface area contributed by atoms with Crippen LogP contribution in [0.1, 0.15) is 41.7 Å². The molecule has 0 atom stereocenters. The maximum atomic E-state index is 12.9. The van der Waals surface area contributed by atoms with Gasteiger partial charge in [-0.2, -0.15) is 4.98 Å². The van der Waals surface area contributed by atoms with E-state index in [2.05, 4.69) is 15.5 Å². The number of anilines is 1. The molecule has 0 bridgehead atoms. The largest absolute Gasteiger partial charge is 0.485 e. The molecule has 0 spiro atoms. The number of furan rings is 1. The van der Waals surface area contributed by atoms with Crippen molar-refractivity contribution in [2.24, 2.45) is 0 Å². The van der Waals surface area contributed by atoms with Crippen molar-refractivity contribution in [2.75, 3.05) is 5.32 Å². The average Bonchev–Trinajstić information content (AvgIpc) is 3.35. The predicted octanol–water partition coefficient (Wildman–Crippen LogP) is 4.88. The summed E-state index contributed by atoms with van der Waals surface area (Å²) in [7, 11) is 0. The smallest absolute Gasteiger partial charge is 0.291 e. The van der Waals surface area contributed by atoms with Crippen molar-refractivity contribution in [3.63, 3.8) is 0 Å². The number of carbonyl (C=O) groups excluding carboxylic acids is 1. The Balaban J connectivity index is 1.46. The van der Waals surface area contributed by atoms with Gasteiger partial charge in [-0.1, -0.05) is 23.4 Å². The fraction of sp³-hybridized carbons (Fsp3) is 0.261. The third-order valence-electron chi connectivity index (χ3n) is 4.52. The Bertz CT molecular complexity index is 1180. The number of nitrogens with zero attached hydrogens (tertiary/aromatic N) is 2. The van der Waals surface area contributed by atoms with Gasteiger partial charge in [0.25, 0.3) is 5.91 Å². The number of para-hydroxylation sites is 1. The maximum absolute atomic E-state index is 12.9. The number of benzene rings is 2. The van der Waals surface area contributed by atoms with Crippen molar-refractivity contribution in [1.29, 1.82) is 0 Å². The second-order valence-electron chi connectivity index (χ2n) is 7.26. The van der Waals surface area contributed by atoms with Crippen LogP contribution in [-0.4, -0.2) is 22.2 Å². The van der Waals surface area contributed by atoms with Gasteiger partial charge in [0.15, 0.2) is 12.4 Å². The molecule has 4 aromatic rings. The molecular formula is C23H23N3O5. The van der Waals surface area contributed by atoms with Crippen molar-refractivity contribution in [3.05, 3.63) is 71.6 Å². The van der Waals surface area contributed by atoms with Crippen LogP contribution in [0.5, 0.6) is 5.75 Å². The first-order chi connectivity index (χ1) is 15.0. The van der Waals surface area contributed by atoms with Crippen LogP contribution in [0.2, 0.25) is 0 Å². The van der Waals surface area contributed by atoms with Crippen LogP contribution in [-0.2, 0) is 18.0 Å². The Hall–Kier alpha value is -3.65. The minimum atomic E-state index is -0.338. The van der Waals surface area contributed by atoms with Gasteiger partial charge in [0.2, 0.25) is 11.7 Å². The van der Waals surface area contributed by atoms with Crippen molar-refractivity contribution in [2.45, 2.75) is 40.1 Å². The van der Waals surface area contributed by atoms with Crippen LogP contribution in [0.15, 0.2) is 57.5 Å². The van der Waals surface area contributed by atoms with Crippen LogP contribution in [0.25, 0.3) is 11.0 Å². The second kappa shape index (κ2) is 9.01. The molecule has 0 aliphatic rings. The molecule has 1 N–H and O–H groups in total. The van der Waals surface area contributed by atoms with E-state index in [1.54, 1.807) is 31.2 Å². The molecule has 0 radical (unpaired) electrons. The van der Waals surface area contributed by atoms with Gasteiger partial charge >= 0.3 is 0 Å². The molecule has 4 rings (SSSR count). The van der Waals surface area contributed by atoms with Gasteiger partial charge in [-0.05, 0) is 44.2 Å². The van der Waals surface area contributed by atoms with Gasteiger partial charge in [-0.25, -0.2) is 0 Å². The molecule has 31 heavy (non-hydrogen) atoms. The third-order valence-corrected chi connectivity index (χ3v) is 4.52. The van der Waals surface area contributed by atoms with Crippen molar-refractivity contribution < 1.29 is 23.2 Å². The molecule has 8 heteroatoms. The Labute approximate surface area is 179 Å². The third kappa shape index (κ3) is 4.92. The summed E-state index contributed by atoms with van der Waals surface area (Å²) in [4.78, 5) is 17.0. The number of rotatable bonds is 8. The van der Waals surface area contributed by atoms with Crippen LogP contribution >= 0.6 is 0 Å². The summed E-state index contributed by atoms with van der Waals surface area (Å²) in [6.07, 6.45) is 0.0356. The van der Waals surface area contributed by atoms with E-state index < -0.39 is 0 Å². The molecule has 0 unspecified atom stereocenters. The van der Waals surface area contributed by atoms with Gasteiger partial charge in [-0.15, -0.1) is 0 Å². The molecule has 0 saturated carbocycles. The number of aromatic nitrogens is 2. The van der Waals surface area contributed by atoms with Crippen LogP contribution in [0, 0.1) is 6.92 Å². The van der Waals surface area contributed by atoms with E-state index in [0.717, 1.165) is 10.9 Å². The van der Waals surface area contributed by atoms with E-state index in [-0.39, 0.29) is 24.4 Å². The number of nitrogens with one attached hydrogen (secondary N) is 1. The fourth-order valence-electron chi connectivity index (χ4n) is 3.05. The van der Waals surface area contributed by atoms with E-state index in [1.165, 1.54) is 0 Å². The molecule has 2 aromatic heterocycles. The van der Waals surface area contributed by atoms with Crippen LogP contribution < -0.4 is 10.1 Å². The van der Waals surface area contributed by atoms with E-state index in [4.69, 9.17) is 18.4 Å². The maximum Gasteiger partial charge on any atom is 0.291 e. The lowest BCUT2D eigenvalue weighted by molar-refractivity contribution is 0.0648. The molecule has 160 valence electrons. The van der Waals surface area contributed by atoms with Gasteiger partial charge in [0, 0.05) is 23.6 Å². The highest BCUT2D eigenvalue weighted by atomic mass is 16.5.